The van der Waals surface area contributed by atoms with Gasteiger partial charge in [0.05, 0.1) is 44.2 Å². The van der Waals surface area contributed by atoms with Crippen molar-refractivity contribution in [3.05, 3.63) is 41.3 Å². The van der Waals surface area contributed by atoms with Crippen LogP contribution in [0, 0.1) is 13.8 Å². The van der Waals surface area contributed by atoms with Crippen molar-refractivity contribution >= 4 is 16.7 Å². The van der Waals surface area contributed by atoms with Crippen LogP contribution in [0.4, 0.5) is 5.82 Å². The quantitative estimate of drug-likeness (QED) is 0.609. The third-order valence-electron chi connectivity index (χ3n) is 7.43. The van der Waals surface area contributed by atoms with Crippen LogP contribution in [0.15, 0.2) is 24.4 Å². The lowest BCUT2D eigenvalue weighted by molar-refractivity contribution is -0.0712. The van der Waals surface area contributed by atoms with E-state index in [0.29, 0.717) is 12.0 Å². The number of aromatic nitrogens is 4. The summed E-state index contributed by atoms with van der Waals surface area (Å²) in [5, 5.41) is 12.9. The number of rotatable bonds is 4. The molecule has 0 aliphatic carbocycles. The summed E-state index contributed by atoms with van der Waals surface area (Å²) in [4.78, 5) is 14.3. The zero-order chi connectivity index (χ0) is 24.4. The summed E-state index contributed by atoms with van der Waals surface area (Å²) < 4.78 is 12.9. The second-order valence-corrected chi connectivity index (χ2v) is 9.56. The van der Waals surface area contributed by atoms with E-state index in [-0.39, 0.29) is 0 Å². The van der Waals surface area contributed by atoms with Crippen molar-refractivity contribution in [1.29, 1.82) is 0 Å². The van der Waals surface area contributed by atoms with Gasteiger partial charge in [-0.25, -0.2) is 14.6 Å². The van der Waals surface area contributed by atoms with Crippen LogP contribution < -0.4 is 4.90 Å². The van der Waals surface area contributed by atoms with Gasteiger partial charge in [0.15, 0.2) is 5.82 Å². The third-order valence-corrected chi connectivity index (χ3v) is 7.43. The minimum absolute atomic E-state index is 0.589. The molecule has 0 amide bonds. The molecule has 0 saturated carbocycles. The van der Waals surface area contributed by atoms with E-state index in [1.54, 1.807) is 0 Å². The highest BCUT2D eigenvalue weighted by Gasteiger charge is 2.30. The van der Waals surface area contributed by atoms with Crippen molar-refractivity contribution in [2.75, 3.05) is 64.6 Å². The molecule has 9 nitrogen and oxygen atoms in total. The number of hydrogen-bond donors (Lipinski definition) is 1. The Morgan fingerprint density at radius 1 is 0.886 bits per heavy atom. The zero-order valence-electron chi connectivity index (χ0n) is 21.0. The van der Waals surface area contributed by atoms with Gasteiger partial charge in [-0.05, 0) is 69.0 Å². The van der Waals surface area contributed by atoms with E-state index in [9.17, 15) is 0 Å². The molecule has 1 aromatic carbocycles. The topological polar surface area (TPSA) is 88.8 Å². The van der Waals surface area contributed by atoms with Crippen molar-refractivity contribution in [1.82, 2.24) is 24.6 Å². The Morgan fingerprint density at radius 3 is 2.29 bits per heavy atom. The first-order chi connectivity index (χ1) is 17.2. The monoisotopic (exact) mass is 480 g/mol. The molecule has 3 fully saturated rings. The highest BCUT2D eigenvalue weighted by molar-refractivity contribution is 5.82. The van der Waals surface area contributed by atoms with Crippen molar-refractivity contribution < 1.29 is 14.6 Å². The number of morpholine rings is 1. The number of aliphatic hydroxyl groups excluding tert-OH is 1. The second kappa shape index (κ2) is 10.6. The van der Waals surface area contributed by atoms with Crippen LogP contribution in [0.25, 0.3) is 16.7 Å². The largest absolute Gasteiger partial charge is 0.400 e. The number of likely N-dealkylation sites (tertiary alicyclic amines) is 1. The molecule has 0 unspecified atom stereocenters. The highest BCUT2D eigenvalue weighted by Crippen LogP contribution is 2.34. The van der Waals surface area contributed by atoms with Crippen LogP contribution in [-0.2, 0) is 9.47 Å². The van der Waals surface area contributed by atoms with Gasteiger partial charge in [-0.2, -0.15) is 5.10 Å². The maximum absolute atomic E-state index is 7.00. The van der Waals surface area contributed by atoms with Crippen molar-refractivity contribution in [2.24, 2.45) is 0 Å². The molecular weight excluding hydrogens is 444 g/mol. The predicted molar refractivity (Wildman–Crippen MR) is 135 cm³/mol. The Morgan fingerprint density at radius 2 is 1.60 bits per heavy atom. The number of hydrogen-bond acceptors (Lipinski definition) is 8. The Balaban J connectivity index is 0.00000124. The number of nitrogens with zero attached hydrogens (tertiary/aromatic N) is 6. The average molecular weight is 481 g/mol. The molecule has 9 heteroatoms. The molecule has 5 heterocycles. The van der Waals surface area contributed by atoms with E-state index < -0.39 is 0 Å². The summed E-state index contributed by atoms with van der Waals surface area (Å²) in [5.74, 6) is 3.13. The molecule has 3 aromatic rings. The molecular formula is C26H36N6O3. The van der Waals surface area contributed by atoms with E-state index in [0.717, 1.165) is 88.1 Å². The SMILES string of the molecule is CO.Cc1nc(N2CCOCC2)cc(-n2ncc3cc(C)c(C4CCN(C5COC5)CC4)cc32)n1. The smallest absolute Gasteiger partial charge is 0.159 e. The molecule has 0 bridgehead atoms. The normalized spacial score (nSPS) is 19.9. The first kappa shape index (κ1) is 24.1. The molecule has 3 saturated heterocycles. The van der Waals surface area contributed by atoms with Gasteiger partial charge in [0, 0.05) is 31.7 Å². The first-order valence-electron chi connectivity index (χ1n) is 12.6. The molecule has 35 heavy (non-hydrogen) atoms. The van der Waals surface area contributed by atoms with E-state index in [1.165, 1.54) is 24.0 Å². The summed E-state index contributed by atoms with van der Waals surface area (Å²) in [6.07, 6.45) is 4.35. The lowest BCUT2D eigenvalue weighted by Gasteiger charge is -2.41. The summed E-state index contributed by atoms with van der Waals surface area (Å²) in [6, 6.07) is 7.34. The Kier molecular flexibility index (Phi) is 7.29. The van der Waals surface area contributed by atoms with Crippen molar-refractivity contribution in [2.45, 2.75) is 38.6 Å². The van der Waals surface area contributed by atoms with Gasteiger partial charge < -0.3 is 19.5 Å². The number of piperidine rings is 1. The van der Waals surface area contributed by atoms with Gasteiger partial charge >= 0.3 is 0 Å². The van der Waals surface area contributed by atoms with E-state index in [1.807, 2.05) is 17.8 Å². The summed E-state index contributed by atoms with van der Waals surface area (Å²) in [5.41, 5.74) is 3.93. The highest BCUT2D eigenvalue weighted by atomic mass is 16.5. The van der Waals surface area contributed by atoms with Crippen LogP contribution in [0.1, 0.15) is 35.7 Å². The first-order valence-corrected chi connectivity index (χ1v) is 12.6. The van der Waals surface area contributed by atoms with Gasteiger partial charge in [-0.3, -0.25) is 4.90 Å². The Labute approximate surface area is 206 Å². The van der Waals surface area contributed by atoms with Crippen molar-refractivity contribution in [3.63, 3.8) is 0 Å². The number of aryl methyl sites for hydroxylation is 2. The Bertz CT molecular complexity index is 1150. The van der Waals surface area contributed by atoms with Crippen LogP contribution in [-0.4, -0.2) is 95.5 Å². The number of fused-ring (bicyclic) bond motifs is 1. The molecule has 188 valence electrons. The van der Waals surface area contributed by atoms with Gasteiger partial charge in [-0.1, -0.05) is 0 Å². The molecule has 3 aliphatic rings. The Hall–Kier alpha value is -2.59. The number of benzene rings is 1. The molecule has 3 aliphatic heterocycles. The summed E-state index contributed by atoms with van der Waals surface area (Å²) in [6.45, 7) is 11.5. The molecule has 0 atom stereocenters. The predicted octanol–water partition coefficient (Wildman–Crippen LogP) is 2.46. The fourth-order valence-electron chi connectivity index (χ4n) is 5.44. The van der Waals surface area contributed by atoms with Crippen LogP contribution in [0.3, 0.4) is 0 Å². The molecule has 1 N–H and O–H groups in total. The molecule has 0 radical (unpaired) electrons. The zero-order valence-corrected chi connectivity index (χ0v) is 21.0. The lowest BCUT2D eigenvalue weighted by atomic mass is 9.85. The van der Waals surface area contributed by atoms with E-state index in [2.05, 4.69) is 34.9 Å². The van der Waals surface area contributed by atoms with Crippen LogP contribution in [0.2, 0.25) is 0 Å². The number of anilines is 1. The third kappa shape index (κ3) is 4.91. The van der Waals surface area contributed by atoms with Gasteiger partial charge in [0.1, 0.15) is 11.6 Å². The fraction of sp³-hybridized carbons (Fsp3) is 0.577. The minimum Gasteiger partial charge on any atom is -0.400 e. The second-order valence-electron chi connectivity index (χ2n) is 9.56. The van der Waals surface area contributed by atoms with Gasteiger partial charge in [0.25, 0.3) is 0 Å². The van der Waals surface area contributed by atoms with E-state index >= 15 is 0 Å². The minimum atomic E-state index is 0.589. The number of aliphatic hydroxyl groups is 1. The van der Waals surface area contributed by atoms with Gasteiger partial charge in [-0.15, -0.1) is 0 Å². The van der Waals surface area contributed by atoms with Crippen molar-refractivity contribution in [3.8, 4) is 5.82 Å². The number of ether oxygens (including phenoxy) is 2. The molecule has 6 rings (SSSR count). The van der Waals surface area contributed by atoms with Crippen LogP contribution in [0.5, 0.6) is 0 Å². The fourth-order valence-corrected chi connectivity index (χ4v) is 5.44. The lowest BCUT2D eigenvalue weighted by Crippen LogP contribution is -2.51. The van der Waals surface area contributed by atoms with Gasteiger partial charge in [0.2, 0.25) is 0 Å². The summed E-state index contributed by atoms with van der Waals surface area (Å²) in [7, 11) is 1.00. The average Bonchev–Trinajstić information content (AvgIpc) is 3.27. The molecule has 0 spiro atoms. The maximum Gasteiger partial charge on any atom is 0.159 e. The van der Waals surface area contributed by atoms with Crippen LogP contribution >= 0.6 is 0 Å². The van der Waals surface area contributed by atoms with E-state index in [4.69, 9.17) is 29.6 Å². The summed E-state index contributed by atoms with van der Waals surface area (Å²) >= 11 is 0. The standard InChI is InChI=1S/C25H32N6O2.CH4O/c1-17-11-20-14-26-31(25-13-24(27-18(2)28-25)30-7-9-32-10-8-30)23(20)12-22(17)19-3-5-29(6-4-19)21-15-33-16-21;1-2/h11-14,19,21H,3-10,15-16H2,1-2H3;2H,1H3. The maximum atomic E-state index is 7.00. The molecule has 2 aromatic heterocycles.